The van der Waals surface area contributed by atoms with Crippen LogP contribution in [0.2, 0.25) is 0 Å². The molecular weight excluding hydrogens is 456 g/mol. The Labute approximate surface area is 183 Å². The summed E-state index contributed by atoms with van der Waals surface area (Å²) in [5, 5.41) is 6.97. The number of ether oxygens (including phenoxy) is 1. The second-order valence-electron chi connectivity index (χ2n) is 8.40. The molecule has 12 heteroatoms. The van der Waals surface area contributed by atoms with Gasteiger partial charge in [-0.3, -0.25) is 4.90 Å². The molecule has 1 aromatic carbocycles. The number of carboxylic acids is 1. The molecule has 1 aromatic rings. The molecule has 2 aliphatic heterocycles. The van der Waals surface area contributed by atoms with E-state index in [1.54, 1.807) is 0 Å². The third-order valence-corrected chi connectivity index (χ3v) is 7.86. The van der Waals surface area contributed by atoms with Crippen LogP contribution >= 0.6 is 0 Å². The van der Waals surface area contributed by atoms with Crippen LogP contribution in [0, 0.1) is 11.7 Å². The Morgan fingerprint density at radius 2 is 1.78 bits per heavy atom. The maximum Gasteiger partial charge on any atom is 0.490 e. The summed E-state index contributed by atoms with van der Waals surface area (Å²) in [5.41, 5.74) is 0.980. The van der Waals surface area contributed by atoms with Crippen molar-refractivity contribution in [2.24, 2.45) is 5.92 Å². The van der Waals surface area contributed by atoms with Gasteiger partial charge in [0.05, 0.1) is 10.9 Å². The lowest BCUT2D eigenvalue weighted by Crippen LogP contribution is -2.64. The Hall–Kier alpha value is -1.76. The highest BCUT2D eigenvalue weighted by Crippen LogP contribution is 2.42. The summed E-state index contributed by atoms with van der Waals surface area (Å²) in [6.07, 6.45) is -1.67. The highest BCUT2D eigenvalue weighted by molar-refractivity contribution is 7.90. The molecule has 0 bridgehead atoms. The molecule has 1 spiro atoms. The van der Waals surface area contributed by atoms with Gasteiger partial charge in [0.15, 0.2) is 0 Å². The number of nitrogens with zero attached hydrogens (tertiary/aromatic N) is 1. The van der Waals surface area contributed by atoms with Gasteiger partial charge in [-0.05, 0) is 49.3 Å². The highest BCUT2D eigenvalue weighted by atomic mass is 32.2. The van der Waals surface area contributed by atoms with Crippen LogP contribution in [-0.2, 0) is 26.1 Å². The zero-order valence-corrected chi connectivity index (χ0v) is 18.1. The fourth-order valence-electron chi connectivity index (χ4n) is 4.08. The molecule has 1 aliphatic carbocycles. The summed E-state index contributed by atoms with van der Waals surface area (Å²) in [5.74, 6) is -2.57. The number of likely N-dealkylation sites (tertiary alicyclic amines) is 1. The molecule has 3 fully saturated rings. The van der Waals surface area contributed by atoms with E-state index in [0.717, 1.165) is 57.5 Å². The summed E-state index contributed by atoms with van der Waals surface area (Å²) in [6.45, 7) is 3.79. The zero-order valence-electron chi connectivity index (χ0n) is 17.3. The molecule has 2 heterocycles. The van der Waals surface area contributed by atoms with Crippen LogP contribution in [0.4, 0.5) is 17.6 Å². The van der Waals surface area contributed by atoms with Gasteiger partial charge in [-0.1, -0.05) is 12.1 Å². The number of alkyl halides is 3. The molecule has 2 saturated heterocycles. The number of carbonyl (C=O) groups is 1. The fraction of sp³-hybridized carbons (Fsp3) is 0.650. The maximum atomic E-state index is 13.0. The Morgan fingerprint density at radius 1 is 1.19 bits per heavy atom. The van der Waals surface area contributed by atoms with Crippen molar-refractivity contribution in [1.29, 1.82) is 0 Å². The zero-order chi connectivity index (χ0) is 23.6. The number of hydrogen-bond acceptors (Lipinski definition) is 5. The first-order valence-electron chi connectivity index (χ1n) is 10.3. The van der Waals surface area contributed by atoms with Crippen molar-refractivity contribution >= 4 is 16.0 Å². The topological polar surface area (TPSA) is 95.9 Å². The van der Waals surface area contributed by atoms with Gasteiger partial charge in [0.25, 0.3) is 0 Å². The van der Waals surface area contributed by atoms with Crippen LogP contribution < -0.4 is 4.72 Å². The predicted molar refractivity (Wildman–Crippen MR) is 107 cm³/mol. The second-order valence-corrected chi connectivity index (χ2v) is 10.4. The van der Waals surface area contributed by atoms with Crippen molar-refractivity contribution in [3.8, 4) is 0 Å². The summed E-state index contributed by atoms with van der Waals surface area (Å²) >= 11 is 0. The van der Waals surface area contributed by atoms with Gasteiger partial charge in [-0.25, -0.2) is 22.3 Å². The molecule has 32 heavy (non-hydrogen) atoms. The number of aliphatic carboxylic acids is 1. The first kappa shape index (κ1) is 24.9. The van der Waals surface area contributed by atoms with Gasteiger partial charge in [0.2, 0.25) is 10.0 Å². The van der Waals surface area contributed by atoms with Gasteiger partial charge >= 0.3 is 12.1 Å². The van der Waals surface area contributed by atoms with Gasteiger partial charge < -0.3 is 9.84 Å². The summed E-state index contributed by atoms with van der Waals surface area (Å²) in [6, 6.07) is 6.62. The molecule has 3 aliphatic rings. The molecule has 7 nitrogen and oxygen atoms in total. The van der Waals surface area contributed by atoms with Crippen molar-refractivity contribution in [2.75, 3.05) is 26.2 Å². The van der Waals surface area contributed by atoms with E-state index in [4.69, 9.17) is 14.6 Å². The predicted octanol–water partition coefficient (Wildman–Crippen LogP) is 2.52. The van der Waals surface area contributed by atoms with E-state index in [1.165, 1.54) is 12.1 Å². The molecule has 0 aromatic heterocycles. The highest BCUT2D eigenvalue weighted by Gasteiger charge is 2.52. The second kappa shape index (κ2) is 9.62. The van der Waals surface area contributed by atoms with E-state index >= 15 is 0 Å². The number of carboxylic acid groups (broad SMARTS) is 1. The monoisotopic (exact) mass is 482 g/mol. The number of benzene rings is 1. The SMILES string of the molecule is O=C(O)C(F)(F)F.O=S(=O)(NCCC1CCOC12CN(Cc1ccc(F)cc1)C2)C1CC1. The van der Waals surface area contributed by atoms with Crippen molar-refractivity contribution in [1.82, 2.24) is 9.62 Å². The third kappa shape index (κ3) is 6.40. The molecule has 1 unspecified atom stereocenters. The summed E-state index contributed by atoms with van der Waals surface area (Å²) < 4.78 is 77.3. The van der Waals surface area contributed by atoms with E-state index < -0.39 is 22.2 Å². The van der Waals surface area contributed by atoms with Crippen LogP contribution in [0.5, 0.6) is 0 Å². The lowest BCUT2D eigenvalue weighted by molar-refractivity contribution is -0.192. The standard InChI is InChI=1S/C18H25FN2O3S.C2HF3O2/c19-16-3-1-14(2-4-16)11-21-12-18(13-21)15(8-10-24-18)7-9-20-25(22,23)17-5-6-17;3-2(4,5)1(6)7/h1-4,15,17,20H,5-13H2;(H,6,7). The van der Waals surface area contributed by atoms with Crippen LogP contribution in [0.1, 0.15) is 31.2 Å². The molecule has 1 saturated carbocycles. The fourth-order valence-corrected chi connectivity index (χ4v) is 5.48. The molecule has 180 valence electrons. The van der Waals surface area contributed by atoms with Crippen molar-refractivity contribution < 1.29 is 40.6 Å². The van der Waals surface area contributed by atoms with E-state index in [-0.39, 0.29) is 16.7 Å². The van der Waals surface area contributed by atoms with Gasteiger partial charge in [-0.2, -0.15) is 13.2 Å². The molecule has 1 atom stereocenters. The van der Waals surface area contributed by atoms with Crippen LogP contribution in [-0.4, -0.2) is 67.7 Å². The number of hydrogen-bond donors (Lipinski definition) is 2. The van der Waals surface area contributed by atoms with E-state index in [0.29, 0.717) is 12.5 Å². The van der Waals surface area contributed by atoms with Gasteiger partial charge in [0, 0.05) is 32.8 Å². The Bertz CT molecular complexity index is 898. The smallest absolute Gasteiger partial charge is 0.475 e. The summed E-state index contributed by atoms with van der Waals surface area (Å²) in [4.78, 5) is 11.2. The molecule has 0 radical (unpaired) electrons. The first-order chi connectivity index (χ1) is 14.9. The van der Waals surface area contributed by atoms with Crippen LogP contribution in [0.15, 0.2) is 24.3 Å². The minimum absolute atomic E-state index is 0.120. The van der Waals surface area contributed by atoms with Gasteiger partial charge in [0.1, 0.15) is 5.82 Å². The third-order valence-electron chi connectivity index (χ3n) is 5.90. The lowest BCUT2D eigenvalue weighted by atomic mass is 9.79. The number of sulfonamides is 1. The Balaban J connectivity index is 0.000000360. The number of nitrogens with one attached hydrogen (secondary N) is 1. The molecular formula is C20H26F4N2O5S. The normalized spacial score (nSPS) is 22.8. The average Bonchev–Trinajstić information content (AvgIpc) is 3.46. The Kier molecular flexibility index (Phi) is 7.48. The quantitative estimate of drug-likeness (QED) is 0.580. The minimum Gasteiger partial charge on any atom is -0.475 e. The Morgan fingerprint density at radius 3 is 2.31 bits per heavy atom. The lowest BCUT2D eigenvalue weighted by Gasteiger charge is -2.50. The van der Waals surface area contributed by atoms with E-state index in [1.807, 2.05) is 12.1 Å². The maximum absolute atomic E-state index is 13.0. The van der Waals surface area contributed by atoms with Crippen LogP contribution in [0.25, 0.3) is 0 Å². The molecule has 4 rings (SSSR count). The van der Waals surface area contributed by atoms with E-state index in [2.05, 4.69) is 9.62 Å². The van der Waals surface area contributed by atoms with Crippen molar-refractivity contribution in [2.45, 2.75) is 49.3 Å². The largest absolute Gasteiger partial charge is 0.490 e. The van der Waals surface area contributed by atoms with Gasteiger partial charge in [-0.15, -0.1) is 0 Å². The number of rotatable bonds is 7. The van der Waals surface area contributed by atoms with Crippen molar-refractivity contribution in [3.05, 3.63) is 35.6 Å². The van der Waals surface area contributed by atoms with Crippen LogP contribution in [0.3, 0.4) is 0 Å². The number of halogens is 4. The molecule has 0 amide bonds. The first-order valence-corrected chi connectivity index (χ1v) is 11.9. The summed E-state index contributed by atoms with van der Waals surface area (Å²) in [7, 11) is -3.09. The average molecular weight is 482 g/mol. The molecule has 2 N–H and O–H groups in total. The minimum atomic E-state index is -5.08. The van der Waals surface area contributed by atoms with E-state index in [9.17, 15) is 26.0 Å². The van der Waals surface area contributed by atoms with Crippen molar-refractivity contribution in [3.63, 3.8) is 0 Å².